The number of amides is 2. The number of thioether (sulfide) groups is 1. The van der Waals surface area contributed by atoms with E-state index in [2.05, 4.69) is 5.32 Å². The van der Waals surface area contributed by atoms with E-state index in [-0.39, 0.29) is 11.9 Å². The Morgan fingerprint density at radius 1 is 1.33 bits per heavy atom. The molecule has 6 heteroatoms. The molecule has 1 aliphatic rings. The molecule has 1 fully saturated rings. The Kier molecular flexibility index (Phi) is 5.69. The lowest BCUT2D eigenvalue weighted by atomic mass is 9.99. The van der Waals surface area contributed by atoms with Crippen molar-refractivity contribution in [3.05, 3.63) is 0 Å². The first-order chi connectivity index (χ1) is 9.50. The summed E-state index contributed by atoms with van der Waals surface area (Å²) in [5.41, 5.74) is -2.00. The smallest absolute Gasteiger partial charge is 0.257 e. The highest BCUT2D eigenvalue weighted by Gasteiger charge is 2.42. The normalized spacial score (nSPS) is 21.3. The molecule has 0 spiro atoms. The van der Waals surface area contributed by atoms with Crippen LogP contribution in [-0.2, 0) is 9.59 Å². The minimum Gasteiger partial charge on any atom is -0.340 e. The van der Waals surface area contributed by atoms with Crippen LogP contribution in [0.15, 0.2) is 0 Å². The van der Waals surface area contributed by atoms with Gasteiger partial charge >= 0.3 is 0 Å². The summed E-state index contributed by atoms with van der Waals surface area (Å²) in [6.45, 7) is 8.91. The molecule has 0 aromatic rings. The number of halogens is 1. The molecule has 0 bridgehead atoms. The molecular formula is C15H27FN2O2S. The Balaban J connectivity index is 2.98. The van der Waals surface area contributed by atoms with Gasteiger partial charge in [-0.1, -0.05) is 0 Å². The molecule has 4 nitrogen and oxygen atoms in total. The lowest BCUT2D eigenvalue weighted by molar-refractivity contribution is -0.140. The summed E-state index contributed by atoms with van der Waals surface area (Å²) in [5, 5.41) is 2.62. The van der Waals surface area contributed by atoms with Crippen molar-refractivity contribution in [3.8, 4) is 0 Å². The zero-order valence-electron chi connectivity index (χ0n) is 13.8. The Morgan fingerprint density at radius 2 is 1.90 bits per heavy atom. The van der Waals surface area contributed by atoms with Crippen LogP contribution < -0.4 is 5.32 Å². The molecule has 1 unspecified atom stereocenters. The van der Waals surface area contributed by atoms with E-state index in [9.17, 15) is 14.0 Å². The summed E-state index contributed by atoms with van der Waals surface area (Å²) >= 11 is 1.49. The van der Waals surface area contributed by atoms with Crippen LogP contribution in [0.25, 0.3) is 0 Å². The first-order valence-electron chi connectivity index (χ1n) is 7.36. The fraction of sp³-hybridized carbons (Fsp3) is 0.867. The second-order valence-electron chi connectivity index (χ2n) is 6.71. The molecule has 122 valence electrons. The second kappa shape index (κ2) is 6.55. The molecule has 1 aliphatic heterocycles. The number of nitrogens with one attached hydrogen (secondary N) is 1. The quantitative estimate of drug-likeness (QED) is 0.846. The number of hydrogen-bond donors (Lipinski definition) is 1. The molecule has 2 atom stereocenters. The number of carbonyl (C=O) groups is 2. The highest BCUT2D eigenvalue weighted by molar-refractivity contribution is 8.00. The maximum absolute atomic E-state index is 13.8. The highest BCUT2D eigenvalue weighted by Crippen LogP contribution is 2.29. The zero-order valence-corrected chi connectivity index (χ0v) is 14.6. The summed E-state index contributed by atoms with van der Waals surface area (Å²) in [6.07, 6.45) is 3.84. The minimum absolute atomic E-state index is 0.114. The molecule has 2 amide bonds. The van der Waals surface area contributed by atoms with Gasteiger partial charge in [0.05, 0.1) is 0 Å². The molecule has 1 N–H and O–H groups in total. The number of nitrogens with zero attached hydrogens (tertiary/aromatic N) is 1. The van der Waals surface area contributed by atoms with Crippen LogP contribution in [0.4, 0.5) is 4.39 Å². The average Bonchev–Trinajstić information content (AvgIpc) is 2.79. The minimum atomic E-state index is -2.00. The third-order valence-electron chi connectivity index (χ3n) is 4.12. The van der Waals surface area contributed by atoms with Crippen molar-refractivity contribution in [1.82, 2.24) is 10.2 Å². The summed E-state index contributed by atoms with van der Waals surface area (Å²) in [6, 6.07) is -0.552. The first kappa shape index (κ1) is 18.3. The largest absolute Gasteiger partial charge is 0.340 e. The Labute approximate surface area is 131 Å². The third-order valence-corrected chi connectivity index (χ3v) is 5.41. The summed E-state index contributed by atoms with van der Waals surface area (Å²) < 4.78 is 13.3. The van der Waals surface area contributed by atoms with Gasteiger partial charge in [0.15, 0.2) is 5.67 Å². The maximum atomic E-state index is 13.8. The average molecular weight is 318 g/mol. The number of rotatable bonds is 5. The molecule has 0 aliphatic carbocycles. The third kappa shape index (κ3) is 4.34. The number of alkyl halides is 1. The van der Waals surface area contributed by atoms with Crippen molar-refractivity contribution in [2.45, 2.75) is 70.0 Å². The standard InChI is InChI=1S/C15H27FN2O2S/c1-10-8-7-9-18(10)12(19)11(15(4,5)21-6)17-13(20)14(2,3)16/h10-11H,7-9H2,1-6H3,(H,17,20)/t10-,11?/m1/s1. The van der Waals surface area contributed by atoms with Crippen LogP contribution in [0, 0.1) is 0 Å². The molecular weight excluding hydrogens is 291 g/mol. The predicted octanol–water partition coefficient (Wildman–Crippen LogP) is 2.37. The van der Waals surface area contributed by atoms with E-state index in [1.165, 1.54) is 25.6 Å². The molecule has 0 aromatic carbocycles. The predicted molar refractivity (Wildman–Crippen MR) is 85.1 cm³/mol. The lowest BCUT2D eigenvalue weighted by Crippen LogP contribution is -2.60. The van der Waals surface area contributed by atoms with Gasteiger partial charge in [0.25, 0.3) is 5.91 Å². The van der Waals surface area contributed by atoms with E-state index in [1.807, 2.05) is 27.0 Å². The van der Waals surface area contributed by atoms with Gasteiger partial charge in [-0.25, -0.2) is 4.39 Å². The lowest BCUT2D eigenvalue weighted by Gasteiger charge is -2.37. The zero-order chi connectivity index (χ0) is 16.4. The van der Waals surface area contributed by atoms with Crippen molar-refractivity contribution in [2.24, 2.45) is 0 Å². The topological polar surface area (TPSA) is 49.4 Å². The van der Waals surface area contributed by atoms with E-state index in [4.69, 9.17) is 0 Å². The van der Waals surface area contributed by atoms with Gasteiger partial charge in [0, 0.05) is 17.3 Å². The van der Waals surface area contributed by atoms with Crippen molar-refractivity contribution < 1.29 is 14.0 Å². The van der Waals surface area contributed by atoms with E-state index < -0.39 is 22.4 Å². The van der Waals surface area contributed by atoms with Crippen LogP contribution >= 0.6 is 11.8 Å². The van der Waals surface area contributed by atoms with Crippen molar-refractivity contribution in [2.75, 3.05) is 12.8 Å². The van der Waals surface area contributed by atoms with E-state index >= 15 is 0 Å². The number of hydrogen-bond acceptors (Lipinski definition) is 3. The van der Waals surface area contributed by atoms with Crippen molar-refractivity contribution >= 4 is 23.6 Å². The SMILES string of the molecule is CSC(C)(C)C(NC(=O)C(C)(C)F)C(=O)N1CCC[C@H]1C. The van der Waals surface area contributed by atoms with Crippen molar-refractivity contribution in [3.63, 3.8) is 0 Å². The summed E-state index contributed by atoms with van der Waals surface area (Å²) in [7, 11) is 0. The number of carbonyl (C=O) groups excluding carboxylic acids is 2. The van der Waals surface area contributed by atoms with Gasteiger partial charge in [-0.05, 0) is 53.7 Å². The van der Waals surface area contributed by atoms with Crippen LogP contribution in [-0.4, -0.2) is 52.0 Å². The van der Waals surface area contributed by atoms with Crippen LogP contribution in [0.5, 0.6) is 0 Å². The maximum Gasteiger partial charge on any atom is 0.257 e. The molecule has 21 heavy (non-hydrogen) atoms. The van der Waals surface area contributed by atoms with Gasteiger partial charge in [0.1, 0.15) is 6.04 Å². The molecule has 0 saturated carbocycles. The molecule has 0 radical (unpaired) electrons. The van der Waals surface area contributed by atoms with Crippen molar-refractivity contribution in [1.29, 1.82) is 0 Å². The van der Waals surface area contributed by atoms with E-state index in [0.717, 1.165) is 12.8 Å². The summed E-state index contributed by atoms with van der Waals surface area (Å²) in [4.78, 5) is 26.6. The Bertz CT molecular complexity index is 407. The molecule has 1 heterocycles. The first-order valence-corrected chi connectivity index (χ1v) is 8.58. The second-order valence-corrected chi connectivity index (χ2v) is 8.17. The fourth-order valence-electron chi connectivity index (χ4n) is 2.38. The molecule has 1 saturated heterocycles. The van der Waals surface area contributed by atoms with Gasteiger partial charge in [0.2, 0.25) is 5.91 Å². The Morgan fingerprint density at radius 3 is 2.29 bits per heavy atom. The van der Waals surface area contributed by atoms with Gasteiger partial charge in [-0.2, -0.15) is 11.8 Å². The van der Waals surface area contributed by atoms with Crippen LogP contribution in [0.2, 0.25) is 0 Å². The highest BCUT2D eigenvalue weighted by atomic mass is 32.2. The van der Waals surface area contributed by atoms with E-state index in [0.29, 0.717) is 6.54 Å². The van der Waals surface area contributed by atoms with Gasteiger partial charge in [-0.3, -0.25) is 9.59 Å². The summed E-state index contributed by atoms with van der Waals surface area (Å²) in [5.74, 6) is -0.855. The van der Waals surface area contributed by atoms with Crippen LogP contribution in [0.3, 0.4) is 0 Å². The van der Waals surface area contributed by atoms with E-state index in [1.54, 1.807) is 4.90 Å². The fourth-order valence-corrected chi connectivity index (χ4v) is 2.78. The Hall–Kier alpha value is -0.780. The molecule has 0 aromatic heterocycles. The van der Waals surface area contributed by atoms with Crippen LogP contribution in [0.1, 0.15) is 47.5 Å². The van der Waals surface area contributed by atoms with Gasteiger partial charge < -0.3 is 10.2 Å². The number of likely N-dealkylation sites (tertiary alicyclic amines) is 1. The monoisotopic (exact) mass is 318 g/mol. The molecule has 1 rings (SSSR count). The van der Waals surface area contributed by atoms with Gasteiger partial charge in [-0.15, -0.1) is 0 Å².